The highest BCUT2D eigenvalue weighted by Crippen LogP contribution is 2.30. The topological polar surface area (TPSA) is 63.5 Å². The van der Waals surface area contributed by atoms with Gasteiger partial charge in [-0.2, -0.15) is 0 Å². The van der Waals surface area contributed by atoms with Crippen molar-refractivity contribution in [1.82, 2.24) is 5.32 Å². The molecule has 118 valence electrons. The summed E-state index contributed by atoms with van der Waals surface area (Å²) in [6.07, 6.45) is -1.80. The van der Waals surface area contributed by atoms with Gasteiger partial charge in [0.25, 0.3) is 0 Å². The molecule has 0 spiro atoms. The van der Waals surface area contributed by atoms with E-state index in [2.05, 4.69) is 31.3 Å². The number of hydrogen-bond donors (Lipinski definition) is 2. The molecule has 0 fully saturated rings. The SMILES string of the molecule is O=C(NCc1ccoc1)Nc1ccc(OC(F)(F)F)cc1Br. The highest BCUT2D eigenvalue weighted by molar-refractivity contribution is 9.10. The number of amides is 2. The fraction of sp³-hybridized carbons (Fsp3) is 0.154. The van der Waals surface area contributed by atoms with Gasteiger partial charge in [0.15, 0.2) is 0 Å². The van der Waals surface area contributed by atoms with Crippen molar-refractivity contribution >= 4 is 27.6 Å². The molecule has 1 aromatic heterocycles. The van der Waals surface area contributed by atoms with Crippen molar-refractivity contribution < 1.29 is 27.1 Å². The smallest absolute Gasteiger partial charge is 0.472 e. The second-order valence-corrected chi connectivity index (χ2v) is 4.98. The highest BCUT2D eigenvalue weighted by atomic mass is 79.9. The number of anilines is 1. The Morgan fingerprint density at radius 2 is 2.09 bits per heavy atom. The minimum Gasteiger partial charge on any atom is -0.472 e. The third-order valence-corrected chi connectivity index (χ3v) is 3.11. The van der Waals surface area contributed by atoms with Crippen LogP contribution in [-0.4, -0.2) is 12.4 Å². The number of carbonyl (C=O) groups is 1. The molecule has 1 heterocycles. The van der Waals surface area contributed by atoms with E-state index in [0.29, 0.717) is 5.69 Å². The third-order valence-electron chi connectivity index (χ3n) is 2.46. The first kappa shape index (κ1) is 16.2. The van der Waals surface area contributed by atoms with Gasteiger partial charge in [-0.1, -0.05) is 0 Å². The van der Waals surface area contributed by atoms with E-state index in [-0.39, 0.29) is 16.8 Å². The number of halogens is 4. The summed E-state index contributed by atoms with van der Waals surface area (Å²) in [4.78, 5) is 11.7. The summed E-state index contributed by atoms with van der Waals surface area (Å²) in [7, 11) is 0. The Hall–Kier alpha value is -2.16. The maximum atomic E-state index is 12.1. The summed E-state index contributed by atoms with van der Waals surface area (Å²) in [5.74, 6) is -0.385. The van der Waals surface area contributed by atoms with E-state index < -0.39 is 12.4 Å². The number of urea groups is 1. The minimum atomic E-state index is -4.77. The van der Waals surface area contributed by atoms with Crippen LogP contribution in [0.1, 0.15) is 5.56 Å². The molecule has 0 aliphatic heterocycles. The van der Waals surface area contributed by atoms with Crippen LogP contribution in [0, 0.1) is 0 Å². The van der Waals surface area contributed by atoms with E-state index in [0.717, 1.165) is 17.7 Å². The molecule has 0 aliphatic rings. The first-order valence-corrected chi connectivity index (χ1v) is 6.74. The number of hydrogen-bond acceptors (Lipinski definition) is 3. The van der Waals surface area contributed by atoms with Crippen molar-refractivity contribution in [1.29, 1.82) is 0 Å². The Morgan fingerprint density at radius 1 is 1.32 bits per heavy atom. The number of benzene rings is 1. The molecule has 0 bridgehead atoms. The maximum absolute atomic E-state index is 12.1. The summed E-state index contributed by atoms with van der Waals surface area (Å²) in [5.41, 5.74) is 1.09. The average molecular weight is 379 g/mol. The number of furan rings is 1. The predicted molar refractivity (Wildman–Crippen MR) is 75.4 cm³/mol. The van der Waals surface area contributed by atoms with Crippen molar-refractivity contribution in [2.24, 2.45) is 0 Å². The van der Waals surface area contributed by atoms with Crippen LogP contribution in [0.15, 0.2) is 45.7 Å². The molecule has 0 atom stereocenters. The third kappa shape index (κ3) is 4.99. The summed E-state index contributed by atoms with van der Waals surface area (Å²) in [6, 6.07) is 4.69. The second kappa shape index (κ2) is 6.73. The fourth-order valence-corrected chi connectivity index (χ4v) is 1.99. The number of alkyl halides is 3. The molecule has 0 aliphatic carbocycles. The van der Waals surface area contributed by atoms with Gasteiger partial charge in [0, 0.05) is 16.6 Å². The first-order valence-electron chi connectivity index (χ1n) is 5.95. The van der Waals surface area contributed by atoms with E-state index in [1.165, 1.54) is 18.6 Å². The first-order chi connectivity index (χ1) is 10.3. The van der Waals surface area contributed by atoms with Gasteiger partial charge < -0.3 is 19.8 Å². The Balaban J connectivity index is 1.93. The minimum absolute atomic E-state index is 0.257. The predicted octanol–water partition coefficient (Wildman–Crippen LogP) is 4.26. The van der Waals surface area contributed by atoms with Gasteiger partial charge in [0.2, 0.25) is 0 Å². The van der Waals surface area contributed by atoms with Gasteiger partial charge in [0.05, 0.1) is 18.2 Å². The lowest BCUT2D eigenvalue weighted by Gasteiger charge is -2.12. The molecule has 9 heteroatoms. The molecule has 2 N–H and O–H groups in total. The largest absolute Gasteiger partial charge is 0.573 e. The maximum Gasteiger partial charge on any atom is 0.573 e. The molecule has 0 radical (unpaired) electrons. The van der Waals surface area contributed by atoms with Gasteiger partial charge in [0.1, 0.15) is 5.75 Å². The van der Waals surface area contributed by atoms with Crippen LogP contribution in [0.4, 0.5) is 23.7 Å². The Kier molecular flexibility index (Phi) is 4.96. The Labute approximate surface area is 131 Å². The summed E-state index contributed by atoms with van der Waals surface area (Å²) < 4.78 is 45.2. The van der Waals surface area contributed by atoms with Crippen LogP contribution in [0.25, 0.3) is 0 Å². The van der Waals surface area contributed by atoms with E-state index in [9.17, 15) is 18.0 Å². The van der Waals surface area contributed by atoms with Crippen molar-refractivity contribution in [3.8, 4) is 5.75 Å². The quantitative estimate of drug-likeness (QED) is 0.835. The second-order valence-electron chi connectivity index (χ2n) is 4.13. The van der Waals surface area contributed by atoms with Gasteiger partial charge in [-0.05, 0) is 40.2 Å². The van der Waals surface area contributed by atoms with E-state index in [1.54, 1.807) is 6.07 Å². The number of nitrogens with one attached hydrogen (secondary N) is 2. The molecule has 1 aromatic carbocycles. The molecule has 0 saturated carbocycles. The monoisotopic (exact) mass is 378 g/mol. The molecule has 5 nitrogen and oxygen atoms in total. The normalized spacial score (nSPS) is 11.1. The summed E-state index contributed by atoms with van der Waals surface area (Å²) in [6.45, 7) is 0.259. The van der Waals surface area contributed by atoms with E-state index >= 15 is 0 Å². The van der Waals surface area contributed by atoms with Crippen molar-refractivity contribution in [2.75, 3.05) is 5.32 Å². The zero-order valence-corrected chi connectivity index (χ0v) is 12.5. The van der Waals surface area contributed by atoms with Gasteiger partial charge in [-0.3, -0.25) is 0 Å². The van der Waals surface area contributed by atoms with Gasteiger partial charge in [-0.25, -0.2) is 4.79 Å². The van der Waals surface area contributed by atoms with Crippen molar-refractivity contribution in [2.45, 2.75) is 12.9 Å². The standard InChI is InChI=1S/C13H10BrF3N2O3/c14-10-5-9(22-13(15,16)17)1-2-11(10)19-12(20)18-6-8-3-4-21-7-8/h1-5,7H,6H2,(H2,18,19,20). The molecule has 0 unspecified atom stereocenters. The van der Waals surface area contributed by atoms with Gasteiger partial charge in [-0.15, -0.1) is 13.2 Å². The Morgan fingerprint density at radius 3 is 2.68 bits per heavy atom. The van der Waals surface area contributed by atoms with E-state index in [4.69, 9.17) is 4.42 Å². The van der Waals surface area contributed by atoms with Crippen LogP contribution < -0.4 is 15.4 Å². The number of ether oxygens (including phenoxy) is 1. The molecule has 22 heavy (non-hydrogen) atoms. The molecule has 0 saturated heterocycles. The fourth-order valence-electron chi connectivity index (χ4n) is 1.54. The zero-order chi connectivity index (χ0) is 16.2. The number of rotatable bonds is 4. The van der Waals surface area contributed by atoms with Crippen molar-refractivity contribution in [3.63, 3.8) is 0 Å². The van der Waals surface area contributed by atoms with Crippen LogP contribution in [0.3, 0.4) is 0 Å². The Bertz CT molecular complexity index is 644. The van der Waals surface area contributed by atoms with Crippen LogP contribution >= 0.6 is 15.9 Å². The number of carbonyl (C=O) groups excluding carboxylic acids is 1. The summed E-state index contributed by atoms with van der Waals surface area (Å²) in [5, 5.41) is 5.07. The van der Waals surface area contributed by atoms with E-state index in [1.807, 2.05) is 0 Å². The zero-order valence-electron chi connectivity index (χ0n) is 10.9. The average Bonchev–Trinajstić information content (AvgIpc) is 2.91. The van der Waals surface area contributed by atoms with Crippen LogP contribution in [-0.2, 0) is 6.54 Å². The molecule has 2 amide bonds. The van der Waals surface area contributed by atoms with Crippen LogP contribution in [0.2, 0.25) is 0 Å². The summed E-state index contributed by atoms with van der Waals surface area (Å²) >= 11 is 3.07. The lowest BCUT2D eigenvalue weighted by Crippen LogP contribution is -2.28. The lowest BCUT2D eigenvalue weighted by molar-refractivity contribution is -0.274. The molecular formula is C13H10BrF3N2O3. The molecule has 2 rings (SSSR count). The molecular weight excluding hydrogens is 369 g/mol. The van der Waals surface area contributed by atoms with Gasteiger partial charge >= 0.3 is 12.4 Å². The lowest BCUT2D eigenvalue weighted by atomic mass is 10.3. The van der Waals surface area contributed by atoms with Crippen LogP contribution in [0.5, 0.6) is 5.75 Å². The van der Waals surface area contributed by atoms with Crippen molar-refractivity contribution in [3.05, 3.63) is 46.8 Å². The molecule has 2 aromatic rings. The highest BCUT2D eigenvalue weighted by Gasteiger charge is 2.31.